The second-order valence-corrected chi connectivity index (χ2v) is 3.04. The summed E-state index contributed by atoms with van der Waals surface area (Å²) in [6.45, 7) is 0.0705. The van der Waals surface area contributed by atoms with Crippen LogP contribution in [0.15, 0.2) is 18.3 Å². The average Bonchev–Trinajstić information content (AvgIpc) is 2.82. The highest BCUT2D eigenvalue weighted by molar-refractivity contribution is 5.92. The number of carbonyl (C=O) groups excluding carboxylic acids is 2. The largest absolute Gasteiger partial charge is 0.467 e. The third-order valence-corrected chi connectivity index (χ3v) is 2.04. The van der Waals surface area contributed by atoms with Gasteiger partial charge in [-0.1, -0.05) is 0 Å². The summed E-state index contributed by atoms with van der Waals surface area (Å²) < 4.78 is 9.37. The van der Waals surface area contributed by atoms with Crippen molar-refractivity contribution in [3.05, 3.63) is 24.0 Å². The number of hydrogen-bond donors (Lipinski definition) is 2. The summed E-state index contributed by atoms with van der Waals surface area (Å²) in [4.78, 5) is 25.4. The maximum absolute atomic E-state index is 11.5. The number of methoxy groups -OCH3 is 2. The molecule has 0 saturated carbocycles. The van der Waals surface area contributed by atoms with E-state index in [2.05, 4.69) is 15.0 Å². The molecule has 1 heterocycles. The summed E-state index contributed by atoms with van der Waals surface area (Å²) in [5.74, 6) is -0.815. The van der Waals surface area contributed by atoms with Crippen LogP contribution in [0.5, 0.6) is 0 Å². The van der Waals surface area contributed by atoms with Gasteiger partial charge in [-0.05, 0) is 12.1 Å². The van der Waals surface area contributed by atoms with Gasteiger partial charge < -0.3 is 19.8 Å². The highest BCUT2D eigenvalue weighted by atomic mass is 16.6. The Bertz CT molecular complexity index is 348. The fourth-order valence-corrected chi connectivity index (χ4v) is 1.15. The lowest BCUT2D eigenvalue weighted by Crippen LogP contribution is -2.38. The highest BCUT2D eigenvalue weighted by Crippen LogP contribution is 1.96. The first-order valence-electron chi connectivity index (χ1n) is 4.71. The van der Waals surface area contributed by atoms with Crippen LogP contribution < -0.4 is 5.32 Å². The zero-order valence-corrected chi connectivity index (χ0v) is 9.15. The summed E-state index contributed by atoms with van der Waals surface area (Å²) >= 11 is 0. The van der Waals surface area contributed by atoms with Gasteiger partial charge in [-0.25, -0.2) is 4.79 Å². The van der Waals surface area contributed by atoms with Crippen molar-refractivity contribution in [1.29, 1.82) is 0 Å². The van der Waals surface area contributed by atoms with Gasteiger partial charge in [0.1, 0.15) is 5.69 Å². The standard InChI is InChI=1S/C10H14N2O4/c1-15-8(10(14)16-2)6-12-9(13)7-4-3-5-11-7/h3-5,8,11H,6H2,1-2H3,(H,12,13)/t8-/m1/s1. The van der Waals surface area contributed by atoms with Gasteiger partial charge in [-0.3, -0.25) is 4.79 Å². The molecule has 0 aliphatic heterocycles. The van der Waals surface area contributed by atoms with E-state index >= 15 is 0 Å². The van der Waals surface area contributed by atoms with Gasteiger partial charge in [0.2, 0.25) is 0 Å². The maximum Gasteiger partial charge on any atom is 0.336 e. The van der Waals surface area contributed by atoms with Crippen LogP contribution >= 0.6 is 0 Å². The minimum Gasteiger partial charge on any atom is -0.467 e. The number of hydrogen-bond acceptors (Lipinski definition) is 4. The van der Waals surface area contributed by atoms with Crippen molar-refractivity contribution in [3.8, 4) is 0 Å². The van der Waals surface area contributed by atoms with Crippen LogP contribution in [0.1, 0.15) is 10.5 Å². The lowest BCUT2D eigenvalue weighted by atomic mass is 10.3. The quantitative estimate of drug-likeness (QED) is 0.689. The molecule has 6 heteroatoms. The van der Waals surface area contributed by atoms with E-state index in [-0.39, 0.29) is 12.5 Å². The number of esters is 1. The number of carbonyl (C=O) groups is 2. The molecule has 1 rings (SSSR count). The zero-order valence-electron chi connectivity index (χ0n) is 9.15. The Morgan fingerprint density at radius 2 is 2.25 bits per heavy atom. The average molecular weight is 226 g/mol. The predicted octanol–water partition coefficient (Wildman–Crippen LogP) is -0.0675. The molecule has 0 radical (unpaired) electrons. The molecule has 6 nitrogen and oxygen atoms in total. The van der Waals surface area contributed by atoms with E-state index in [4.69, 9.17) is 4.74 Å². The molecule has 0 fully saturated rings. The van der Waals surface area contributed by atoms with Crippen molar-refractivity contribution in [2.45, 2.75) is 6.10 Å². The molecule has 88 valence electrons. The lowest BCUT2D eigenvalue weighted by Gasteiger charge is -2.13. The molecule has 0 bridgehead atoms. The Labute approximate surface area is 92.9 Å². The topological polar surface area (TPSA) is 80.4 Å². The van der Waals surface area contributed by atoms with Crippen molar-refractivity contribution in [2.24, 2.45) is 0 Å². The first-order chi connectivity index (χ1) is 7.69. The summed E-state index contributed by atoms with van der Waals surface area (Å²) in [5.41, 5.74) is 0.430. The van der Waals surface area contributed by atoms with Gasteiger partial charge >= 0.3 is 5.97 Å². The summed E-state index contributed by atoms with van der Waals surface area (Å²) in [5, 5.41) is 2.56. The molecule has 1 aromatic heterocycles. The monoisotopic (exact) mass is 226 g/mol. The summed E-state index contributed by atoms with van der Waals surface area (Å²) in [6.07, 6.45) is 0.854. The molecule has 0 saturated heterocycles. The van der Waals surface area contributed by atoms with Gasteiger partial charge in [0.15, 0.2) is 6.10 Å². The van der Waals surface area contributed by atoms with Crippen molar-refractivity contribution in [3.63, 3.8) is 0 Å². The van der Waals surface area contributed by atoms with Crippen LogP contribution in [-0.2, 0) is 14.3 Å². The second kappa shape index (κ2) is 5.92. The second-order valence-electron chi connectivity index (χ2n) is 3.04. The van der Waals surface area contributed by atoms with Gasteiger partial charge in [-0.2, -0.15) is 0 Å². The Hall–Kier alpha value is -1.82. The lowest BCUT2D eigenvalue weighted by molar-refractivity contribution is -0.151. The van der Waals surface area contributed by atoms with E-state index in [0.29, 0.717) is 5.69 Å². The van der Waals surface area contributed by atoms with Gasteiger partial charge in [-0.15, -0.1) is 0 Å². The van der Waals surface area contributed by atoms with E-state index in [1.54, 1.807) is 18.3 Å². The van der Waals surface area contributed by atoms with E-state index in [9.17, 15) is 9.59 Å². The summed E-state index contributed by atoms with van der Waals surface area (Å²) in [6, 6.07) is 3.35. The number of aromatic nitrogens is 1. The third kappa shape index (κ3) is 3.09. The Morgan fingerprint density at radius 3 is 2.75 bits per heavy atom. The molecule has 0 spiro atoms. The molecule has 0 aliphatic rings. The molecule has 2 N–H and O–H groups in total. The fraction of sp³-hybridized carbons (Fsp3) is 0.400. The predicted molar refractivity (Wildman–Crippen MR) is 55.9 cm³/mol. The van der Waals surface area contributed by atoms with Crippen LogP contribution in [0, 0.1) is 0 Å². The molecule has 1 amide bonds. The van der Waals surface area contributed by atoms with Crippen LogP contribution in [0.2, 0.25) is 0 Å². The number of aromatic amines is 1. The maximum atomic E-state index is 11.5. The third-order valence-electron chi connectivity index (χ3n) is 2.04. The minimum atomic E-state index is -0.788. The first-order valence-corrected chi connectivity index (χ1v) is 4.71. The Balaban J connectivity index is 2.44. The van der Waals surface area contributed by atoms with Crippen molar-refractivity contribution in [1.82, 2.24) is 10.3 Å². The molecule has 0 aromatic carbocycles. The number of H-pyrrole nitrogens is 1. The molecule has 1 aromatic rings. The van der Waals surface area contributed by atoms with E-state index in [1.807, 2.05) is 0 Å². The first kappa shape index (κ1) is 12.3. The normalized spacial score (nSPS) is 11.9. The molecule has 1 atom stereocenters. The van der Waals surface area contributed by atoms with Crippen LogP contribution in [0.4, 0.5) is 0 Å². The van der Waals surface area contributed by atoms with Crippen LogP contribution in [0.25, 0.3) is 0 Å². The van der Waals surface area contributed by atoms with Crippen LogP contribution in [0.3, 0.4) is 0 Å². The van der Waals surface area contributed by atoms with Gasteiger partial charge in [0.05, 0.1) is 13.7 Å². The van der Waals surface area contributed by atoms with Crippen LogP contribution in [-0.4, -0.2) is 43.7 Å². The number of ether oxygens (including phenoxy) is 2. The smallest absolute Gasteiger partial charge is 0.336 e. The SMILES string of the molecule is COC(=O)[C@@H](CNC(=O)c1ccc[nH]1)OC. The van der Waals surface area contributed by atoms with E-state index < -0.39 is 12.1 Å². The van der Waals surface area contributed by atoms with Crippen molar-refractivity contribution < 1.29 is 19.1 Å². The Kier molecular flexibility index (Phi) is 4.53. The Morgan fingerprint density at radius 1 is 1.50 bits per heavy atom. The van der Waals surface area contributed by atoms with E-state index in [0.717, 1.165) is 0 Å². The number of nitrogens with one attached hydrogen (secondary N) is 2. The van der Waals surface area contributed by atoms with E-state index in [1.165, 1.54) is 14.2 Å². The molecular formula is C10H14N2O4. The zero-order chi connectivity index (χ0) is 12.0. The molecule has 0 unspecified atom stereocenters. The van der Waals surface area contributed by atoms with Gasteiger partial charge in [0.25, 0.3) is 5.91 Å². The van der Waals surface area contributed by atoms with Crippen molar-refractivity contribution in [2.75, 3.05) is 20.8 Å². The molecular weight excluding hydrogens is 212 g/mol. The molecule has 0 aliphatic carbocycles. The van der Waals surface area contributed by atoms with Gasteiger partial charge in [0, 0.05) is 13.3 Å². The minimum absolute atomic E-state index is 0.0705. The fourth-order valence-electron chi connectivity index (χ4n) is 1.15. The number of rotatable bonds is 5. The number of amides is 1. The summed E-state index contributed by atoms with van der Waals surface area (Å²) in [7, 11) is 2.64. The van der Waals surface area contributed by atoms with Crippen molar-refractivity contribution >= 4 is 11.9 Å². The highest BCUT2D eigenvalue weighted by Gasteiger charge is 2.19. The molecule has 16 heavy (non-hydrogen) atoms.